The first-order valence-corrected chi connectivity index (χ1v) is 8.57. The van der Waals surface area contributed by atoms with Gasteiger partial charge in [0.15, 0.2) is 0 Å². The summed E-state index contributed by atoms with van der Waals surface area (Å²) in [5.74, 6) is 0.779. The number of rotatable bonds is 7. The highest BCUT2D eigenvalue weighted by Gasteiger charge is 2.15. The molecule has 2 aromatic carbocycles. The van der Waals surface area contributed by atoms with Crippen LogP contribution in [0, 0.1) is 0 Å². The molecule has 0 aromatic heterocycles. The molecule has 1 saturated heterocycles. The normalized spacial score (nSPS) is 16.7. The van der Waals surface area contributed by atoms with E-state index in [4.69, 9.17) is 9.47 Å². The van der Waals surface area contributed by atoms with Gasteiger partial charge in [0.05, 0.1) is 6.10 Å². The Hall–Kier alpha value is -1.88. The van der Waals surface area contributed by atoms with Gasteiger partial charge in [0.1, 0.15) is 12.4 Å². The maximum absolute atomic E-state index is 10.4. The summed E-state index contributed by atoms with van der Waals surface area (Å²) in [4.78, 5) is 0. The van der Waals surface area contributed by atoms with E-state index in [2.05, 4.69) is 5.32 Å². The lowest BCUT2D eigenvalue weighted by Crippen LogP contribution is -2.37. The monoisotopic (exact) mass is 327 g/mol. The first-order chi connectivity index (χ1) is 11.8. The molecule has 3 rings (SSSR count). The summed E-state index contributed by atoms with van der Waals surface area (Å²) in [6.45, 7) is 2.68. The Morgan fingerprint density at radius 2 is 1.88 bits per heavy atom. The molecule has 128 valence electrons. The summed E-state index contributed by atoms with van der Waals surface area (Å²) in [5, 5.41) is 13.8. The molecule has 24 heavy (non-hydrogen) atoms. The number of ether oxygens (including phenoxy) is 2. The molecule has 1 aliphatic rings. The van der Waals surface area contributed by atoms with Crippen molar-refractivity contribution in [2.45, 2.75) is 31.6 Å². The molecule has 0 amide bonds. The van der Waals surface area contributed by atoms with E-state index in [1.54, 1.807) is 0 Å². The van der Waals surface area contributed by atoms with Crippen LogP contribution in [0.3, 0.4) is 0 Å². The van der Waals surface area contributed by atoms with Gasteiger partial charge in [0.2, 0.25) is 0 Å². The topological polar surface area (TPSA) is 50.7 Å². The maximum Gasteiger partial charge on any atom is 0.120 e. The van der Waals surface area contributed by atoms with Crippen LogP contribution in [0.2, 0.25) is 0 Å². The Kier molecular flexibility index (Phi) is 6.24. The Labute approximate surface area is 143 Å². The number of hydrogen-bond acceptors (Lipinski definition) is 4. The van der Waals surface area contributed by atoms with Crippen molar-refractivity contribution in [3.8, 4) is 5.75 Å². The molecule has 0 radical (unpaired) electrons. The van der Waals surface area contributed by atoms with Crippen molar-refractivity contribution < 1.29 is 14.6 Å². The van der Waals surface area contributed by atoms with Crippen LogP contribution in [0.4, 0.5) is 0 Å². The van der Waals surface area contributed by atoms with E-state index in [0.717, 1.165) is 42.9 Å². The zero-order valence-corrected chi connectivity index (χ0v) is 13.9. The van der Waals surface area contributed by atoms with E-state index in [9.17, 15) is 5.11 Å². The molecule has 2 N–H and O–H groups in total. The van der Waals surface area contributed by atoms with E-state index < -0.39 is 6.10 Å². The molecule has 4 nitrogen and oxygen atoms in total. The van der Waals surface area contributed by atoms with Crippen LogP contribution in [0.25, 0.3) is 0 Å². The molecule has 0 aliphatic carbocycles. The van der Waals surface area contributed by atoms with Gasteiger partial charge < -0.3 is 19.9 Å². The molecule has 4 heteroatoms. The third-order valence-corrected chi connectivity index (χ3v) is 4.31. The molecule has 0 unspecified atom stereocenters. The lowest BCUT2D eigenvalue weighted by Gasteiger charge is -2.24. The lowest BCUT2D eigenvalue weighted by atomic mass is 10.1. The number of aliphatic hydroxyl groups is 1. The van der Waals surface area contributed by atoms with Crippen LogP contribution in [0.5, 0.6) is 5.75 Å². The van der Waals surface area contributed by atoms with E-state index in [-0.39, 0.29) is 0 Å². The van der Waals surface area contributed by atoms with Gasteiger partial charge in [-0.3, -0.25) is 0 Å². The molecule has 1 heterocycles. The van der Waals surface area contributed by atoms with E-state index in [0.29, 0.717) is 19.2 Å². The van der Waals surface area contributed by atoms with Crippen LogP contribution in [0.1, 0.15) is 30.1 Å². The predicted octanol–water partition coefficient (Wildman–Crippen LogP) is 3.07. The second-order valence-corrected chi connectivity index (χ2v) is 6.16. The van der Waals surface area contributed by atoms with E-state index in [1.807, 2.05) is 54.6 Å². The molecule has 1 atom stereocenters. The molecule has 1 aliphatic heterocycles. The van der Waals surface area contributed by atoms with Gasteiger partial charge in [-0.15, -0.1) is 0 Å². The molecule has 0 spiro atoms. The molecule has 2 aromatic rings. The number of benzene rings is 2. The highest BCUT2D eigenvalue weighted by molar-refractivity contribution is 5.30. The summed E-state index contributed by atoms with van der Waals surface area (Å²) >= 11 is 0. The van der Waals surface area contributed by atoms with Gasteiger partial charge in [0, 0.05) is 25.8 Å². The second kappa shape index (κ2) is 8.83. The molecular weight excluding hydrogens is 302 g/mol. The highest BCUT2D eigenvalue weighted by Crippen LogP contribution is 2.20. The first-order valence-electron chi connectivity index (χ1n) is 8.57. The zero-order chi connectivity index (χ0) is 16.6. The summed E-state index contributed by atoms with van der Waals surface area (Å²) in [7, 11) is 0. The Balaban J connectivity index is 1.51. The summed E-state index contributed by atoms with van der Waals surface area (Å²) in [5.41, 5.74) is 2.00. The minimum Gasteiger partial charge on any atom is -0.489 e. The van der Waals surface area contributed by atoms with Crippen molar-refractivity contribution >= 4 is 0 Å². The number of nitrogens with one attached hydrogen (secondary N) is 1. The fourth-order valence-electron chi connectivity index (χ4n) is 2.85. The number of aliphatic hydroxyl groups excluding tert-OH is 1. The summed E-state index contributed by atoms with van der Waals surface area (Å²) in [6.07, 6.45) is 1.48. The minimum atomic E-state index is -0.534. The average Bonchev–Trinajstić information content (AvgIpc) is 2.66. The highest BCUT2D eigenvalue weighted by atomic mass is 16.5. The molecule has 0 bridgehead atoms. The van der Waals surface area contributed by atoms with Gasteiger partial charge in [-0.25, -0.2) is 0 Å². The smallest absolute Gasteiger partial charge is 0.120 e. The fourth-order valence-corrected chi connectivity index (χ4v) is 2.85. The van der Waals surface area contributed by atoms with Crippen molar-refractivity contribution in [3.05, 3.63) is 65.7 Å². The van der Waals surface area contributed by atoms with Gasteiger partial charge in [0.25, 0.3) is 0 Å². The SMILES string of the molecule is O[C@H](CNC1CCOCC1)c1cccc(OCc2ccccc2)c1. The van der Waals surface area contributed by atoms with Crippen LogP contribution < -0.4 is 10.1 Å². The standard InChI is InChI=1S/C20H25NO3/c22-20(14-21-18-9-11-23-12-10-18)17-7-4-8-19(13-17)24-15-16-5-2-1-3-6-16/h1-8,13,18,20-22H,9-12,14-15H2/t20-/m1/s1. The van der Waals surface area contributed by atoms with Crippen LogP contribution in [-0.2, 0) is 11.3 Å². The second-order valence-electron chi connectivity index (χ2n) is 6.16. The van der Waals surface area contributed by atoms with Gasteiger partial charge in [-0.2, -0.15) is 0 Å². The Morgan fingerprint density at radius 1 is 1.08 bits per heavy atom. The first kappa shape index (κ1) is 17.0. The predicted molar refractivity (Wildman–Crippen MR) is 94.0 cm³/mol. The van der Waals surface area contributed by atoms with Crippen molar-refractivity contribution in [1.82, 2.24) is 5.32 Å². The van der Waals surface area contributed by atoms with E-state index >= 15 is 0 Å². The third kappa shape index (κ3) is 5.06. The molecular formula is C20H25NO3. The molecule has 0 saturated carbocycles. The average molecular weight is 327 g/mol. The lowest BCUT2D eigenvalue weighted by molar-refractivity contribution is 0.0724. The van der Waals surface area contributed by atoms with Crippen LogP contribution in [-0.4, -0.2) is 30.9 Å². The van der Waals surface area contributed by atoms with E-state index in [1.165, 1.54) is 0 Å². The fraction of sp³-hybridized carbons (Fsp3) is 0.400. The third-order valence-electron chi connectivity index (χ3n) is 4.31. The van der Waals surface area contributed by atoms with Crippen LogP contribution in [0.15, 0.2) is 54.6 Å². The van der Waals surface area contributed by atoms with Gasteiger partial charge in [-0.05, 0) is 36.1 Å². The van der Waals surface area contributed by atoms with Crippen LogP contribution >= 0.6 is 0 Å². The Morgan fingerprint density at radius 3 is 2.67 bits per heavy atom. The maximum atomic E-state index is 10.4. The van der Waals surface area contributed by atoms with Crippen molar-refractivity contribution in [2.75, 3.05) is 19.8 Å². The summed E-state index contributed by atoms with van der Waals surface area (Å²) in [6, 6.07) is 18.2. The largest absolute Gasteiger partial charge is 0.489 e. The minimum absolute atomic E-state index is 0.436. The van der Waals surface area contributed by atoms with Crippen molar-refractivity contribution in [2.24, 2.45) is 0 Å². The molecule has 1 fully saturated rings. The Bertz CT molecular complexity index is 611. The number of hydrogen-bond donors (Lipinski definition) is 2. The van der Waals surface area contributed by atoms with Crippen molar-refractivity contribution in [3.63, 3.8) is 0 Å². The summed E-state index contributed by atoms with van der Waals surface area (Å²) < 4.78 is 11.2. The van der Waals surface area contributed by atoms with Gasteiger partial charge in [-0.1, -0.05) is 42.5 Å². The van der Waals surface area contributed by atoms with Crippen molar-refractivity contribution in [1.29, 1.82) is 0 Å². The zero-order valence-electron chi connectivity index (χ0n) is 13.9. The van der Waals surface area contributed by atoms with Gasteiger partial charge >= 0.3 is 0 Å². The quantitative estimate of drug-likeness (QED) is 0.821.